The quantitative estimate of drug-likeness (QED) is 0.446. The first-order valence-corrected chi connectivity index (χ1v) is 12.2. The molecule has 1 amide bonds. The Morgan fingerprint density at radius 2 is 1.72 bits per heavy atom. The van der Waals surface area contributed by atoms with Crippen molar-refractivity contribution in [3.63, 3.8) is 0 Å². The molecule has 2 heterocycles. The van der Waals surface area contributed by atoms with Crippen molar-refractivity contribution in [1.29, 1.82) is 0 Å². The number of hydrogen-bond acceptors (Lipinski definition) is 6. The molecule has 0 saturated heterocycles. The van der Waals surface area contributed by atoms with Crippen molar-refractivity contribution in [3.05, 3.63) is 60.4 Å². The minimum atomic E-state index is -0.559. The van der Waals surface area contributed by atoms with E-state index >= 15 is 0 Å². The Morgan fingerprint density at radius 3 is 2.42 bits per heavy atom. The van der Waals surface area contributed by atoms with Gasteiger partial charge in [0.2, 0.25) is 0 Å². The second kappa shape index (κ2) is 10.4. The third-order valence-corrected chi connectivity index (χ3v) is 5.55. The molecule has 1 aliphatic rings. The number of carbonyl (C=O) groups is 2. The van der Waals surface area contributed by atoms with Crippen LogP contribution in [0, 0.1) is 5.92 Å². The molecule has 8 nitrogen and oxygen atoms in total. The Balaban J connectivity index is 1.53. The van der Waals surface area contributed by atoms with Crippen LogP contribution in [0.2, 0.25) is 0 Å². The minimum absolute atomic E-state index is 0.253. The van der Waals surface area contributed by atoms with Gasteiger partial charge in [0.1, 0.15) is 23.8 Å². The molecule has 1 aliphatic heterocycles. The second-order valence-corrected chi connectivity index (χ2v) is 10.2. The van der Waals surface area contributed by atoms with Crippen LogP contribution in [-0.2, 0) is 16.0 Å². The van der Waals surface area contributed by atoms with E-state index < -0.39 is 11.7 Å². The van der Waals surface area contributed by atoms with Gasteiger partial charge in [-0.15, -0.1) is 0 Å². The lowest BCUT2D eigenvalue weighted by Gasteiger charge is -2.26. The van der Waals surface area contributed by atoms with Gasteiger partial charge in [-0.1, -0.05) is 44.2 Å². The van der Waals surface area contributed by atoms with E-state index in [2.05, 4.69) is 4.98 Å². The maximum atomic E-state index is 12.6. The molecule has 0 N–H and O–H groups in total. The lowest BCUT2D eigenvalue weighted by Crippen LogP contribution is -2.37. The molecule has 3 aromatic rings. The molecule has 190 valence electrons. The number of ether oxygens (including phenoxy) is 3. The highest BCUT2D eigenvalue weighted by atomic mass is 16.6. The van der Waals surface area contributed by atoms with E-state index in [1.54, 1.807) is 17.3 Å². The molecule has 0 radical (unpaired) electrons. The third-order valence-electron chi connectivity index (χ3n) is 5.55. The van der Waals surface area contributed by atoms with Gasteiger partial charge in [-0.3, -0.25) is 0 Å². The van der Waals surface area contributed by atoms with E-state index in [4.69, 9.17) is 14.2 Å². The predicted molar refractivity (Wildman–Crippen MR) is 137 cm³/mol. The molecule has 36 heavy (non-hydrogen) atoms. The highest BCUT2D eigenvalue weighted by molar-refractivity contribution is 5.78. The molecule has 0 spiro atoms. The number of hydrogen-bond donors (Lipinski definition) is 0. The highest BCUT2D eigenvalue weighted by Crippen LogP contribution is 2.31. The van der Waals surface area contributed by atoms with E-state index in [1.807, 2.05) is 77.1 Å². The van der Waals surface area contributed by atoms with Gasteiger partial charge in [0.25, 0.3) is 0 Å². The van der Waals surface area contributed by atoms with Crippen molar-refractivity contribution >= 4 is 12.2 Å². The van der Waals surface area contributed by atoms with Gasteiger partial charge >= 0.3 is 12.2 Å². The number of nitrogens with zero attached hydrogens (tertiary/aromatic N) is 3. The largest absolute Gasteiger partial charge is 0.491 e. The van der Waals surface area contributed by atoms with Crippen molar-refractivity contribution in [1.82, 2.24) is 14.5 Å². The first kappa shape index (κ1) is 25.3. The minimum Gasteiger partial charge on any atom is -0.491 e. The first-order valence-electron chi connectivity index (χ1n) is 12.2. The van der Waals surface area contributed by atoms with Crippen LogP contribution in [-0.4, -0.2) is 52.0 Å². The zero-order valence-corrected chi connectivity index (χ0v) is 21.5. The van der Waals surface area contributed by atoms with Crippen LogP contribution in [0.25, 0.3) is 22.5 Å². The lowest BCUT2D eigenvalue weighted by molar-refractivity contribution is 0.0225. The van der Waals surface area contributed by atoms with Crippen LogP contribution < -0.4 is 4.74 Å². The van der Waals surface area contributed by atoms with Crippen LogP contribution >= 0.6 is 0 Å². The van der Waals surface area contributed by atoms with Crippen molar-refractivity contribution in [2.45, 2.75) is 46.8 Å². The number of amides is 1. The molecule has 0 unspecified atom stereocenters. The topological polar surface area (TPSA) is 82.9 Å². The SMILES string of the molecule is CC(C)COC(=O)n1ccnc1-c1ccc(-c2ccc3c(c2)CN(C(=O)OC(C)(C)C)CCO3)cc1. The van der Waals surface area contributed by atoms with Crippen molar-refractivity contribution in [3.8, 4) is 28.3 Å². The van der Waals surface area contributed by atoms with Gasteiger partial charge in [0.15, 0.2) is 0 Å². The third kappa shape index (κ3) is 6.05. The standard InChI is InChI=1S/C28H33N3O5/c1-19(2)18-35-27(33)31-13-12-29-25(31)21-8-6-20(7-9-21)22-10-11-24-23(16-22)17-30(14-15-34-24)26(32)36-28(3,4)5/h6-13,16,19H,14-15,17-18H2,1-5H3. The Morgan fingerprint density at radius 1 is 1.03 bits per heavy atom. The average Bonchev–Trinajstić information content (AvgIpc) is 3.21. The molecular weight excluding hydrogens is 458 g/mol. The molecule has 0 saturated carbocycles. The number of carbonyl (C=O) groups excluding carboxylic acids is 2. The van der Waals surface area contributed by atoms with Crippen molar-refractivity contribution in [2.75, 3.05) is 19.8 Å². The van der Waals surface area contributed by atoms with E-state index in [0.717, 1.165) is 28.0 Å². The Bertz CT molecular complexity index is 1220. The summed E-state index contributed by atoms with van der Waals surface area (Å²) in [6.45, 7) is 11.2. The molecule has 4 rings (SSSR count). The van der Waals surface area contributed by atoms with Gasteiger partial charge in [-0.25, -0.2) is 19.1 Å². The van der Waals surface area contributed by atoms with E-state index in [9.17, 15) is 9.59 Å². The van der Waals surface area contributed by atoms with Gasteiger partial charge in [-0.2, -0.15) is 0 Å². The van der Waals surface area contributed by atoms with Gasteiger partial charge in [0.05, 0.1) is 19.7 Å². The number of imidazole rings is 1. The van der Waals surface area contributed by atoms with Crippen molar-refractivity contribution < 1.29 is 23.8 Å². The Labute approximate surface area is 211 Å². The number of aromatic nitrogens is 2. The van der Waals surface area contributed by atoms with Gasteiger partial charge < -0.3 is 19.1 Å². The fourth-order valence-corrected chi connectivity index (χ4v) is 3.84. The smallest absolute Gasteiger partial charge is 0.419 e. The molecule has 0 fully saturated rings. The molecule has 0 bridgehead atoms. The van der Waals surface area contributed by atoms with E-state index in [-0.39, 0.29) is 12.0 Å². The summed E-state index contributed by atoms with van der Waals surface area (Å²) in [7, 11) is 0. The summed E-state index contributed by atoms with van der Waals surface area (Å²) in [5, 5.41) is 0. The maximum absolute atomic E-state index is 12.6. The summed E-state index contributed by atoms with van der Waals surface area (Å²) in [5.41, 5.74) is 3.16. The van der Waals surface area contributed by atoms with Gasteiger partial charge in [-0.05, 0) is 49.9 Å². The highest BCUT2D eigenvalue weighted by Gasteiger charge is 2.25. The molecule has 2 aromatic carbocycles. The zero-order chi connectivity index (χ0) is 25.9. The fraction of sp³-hybridized carbons (Fsp3) is 0.393. The molecule has 0 atom stereocenters. The van der Waals surface area contributed by atoms with E-state index in [0.29, 0.717) is 32.1 Å². The fourth-order valence-electron chi connectivity index (χ4n) is 3.84. The Kier molecular flexibility index (Phi) is 7.33. The lowest BCUT2D eigenvalue weighted by atomic mass is 10.0. The Hall–Kier alpha value is -3.81. The van der Waals surface area contributed by atoms with Crippen LogP contribution in [0.15, 0.2) is 54.9 Å². The summed E-state index contributed by atoms with van der Waals surface area (Å²) in [4.78, 5) is 31.1. The van der Waals surface area contributed by atoms with Crippen LogP contribution in [0.5, 0.6) is 5.75 Å². The summed E-state index contributed by atoms with van der Waals surface area (Å²) >= 11 is 0. The molecule has 1 aromatic heterocycles. The monoisotopic (exact) mass is 491 g/mol. The van der Waals surface area contributed by atoms with Crippen LogP contribution in [0.3, 0.4) is 0 Å². The molecule has 0 aliphatic carbocycles. The summed E-state index contributed by atoms with van der Waals surface area (Å²) in [5.74, 6) is 1.55. The van der Waals surface area contributed by atoms with Crippen LogP contribution in [0.4, 0.5) is 9.59 Å². The number of rotatable bonds is 4. The predicted octanol–water partition coefficient (Wildman–Crippen LogP) is 5.99. The maximum Gasteiger partial charge on any atom is 0.419 e. The number of fused-ring (bicyclic) bond motifs is 1. The average molecular weight is 492 g/mol. The zero-order valence-electron chi connectivity index (χ0n) is 21.5. The summed E-state index contributed by atoms with van der Waals surface area (Å²) in [6, 6.07) is 13.8. The summed E-state index contributed by atoms with van der Waals surface area (Å²) in [6.07, 6.45) is 2.40. The van der Waals surface area contributed by atoms with Crippen molar-refractivity contribution in [2.24, 2.45) is 5.92 Å². The second-order valence-electron chi connectivity index (χ2n) is 10.2. The normalized spacial score (nSPS) is 13.6. The van der Waals surface area contributed by atoms with Crippen LogP contribution in [0.1, 0.15) is 40.2 Å². The van der Waals surface area contributed by atoms with Gasteiger partial charge in [0, 0.05) is 23.5 Å². The first-order chi connectivity index (χ1) is 17.1. The summed E-state index contributed by atoms with van der Waals surface area (Å²) < 4.78 is 18.2. The molecule has 8 heteroatoms. The van der Waals surface area contributed by atoms with E-state index in [1.165, 1.54) is 4.57 Å². The number of benzene rings is 2. The molecular formula is C28H33N3O5.